The molecule has 0 bridgehead atoms. The predicted molar refractivity (Wildman–Crippen MR) is 102 cm³/mol. The molecule has 7 heteroatoms. The van der Waals surface area contributed by atoms with Crippen molar-refractivity contribution in [2.45, 2.75) is 19.9 Å². The Balaban J connectivity index is 1.99. The molecule has 2 aromatic rings. The molecule has 0 saturated carbocycles. The van der Waals surface area contributed by atoms with Crippen molar-refractivity contribution in [3.63, 3.8) is 0 Å². The Labute approximate surface area is 158 Å². The fraction of sp³-hybridized carbons (Fsp3) is 0.300. The molecule has 3 N–H and O–H groups in total. The number of hydrogen-bond donors (Lipinski definition) is 2. The largest absolute Gasteiger partial charge is 0.497 e. The van der Waals surface area contributed by atoms with Crippen molar-refractivity contribution in [1.29, 1.82) is 0 Å². The summed E-state index contributed by atoms with van der Waals surface area (Å²) in [6, 6.07) is 10.0. The van der Waals surface area contributed by atoms with Crippen molar-refractivity contribution in [3.05, 3.63) is 53.1 Å². The number of methoxy groups -OCH3 is 2. The lowest BCUT2D eigenvalue weighted by Crippen LogP contribution is -2.31. The van der Waals surface area contributed by atoms with Crippen molar-refractivity contribution in [2.75, 3.05) is 26.6 Å². The number of carbonyl (C=O) groups excluding carboxylic acids is 2. The van der Waals surface area contributed by atoms with E-state index in [1.54, 1.807) is 64.5 Å². The van der Waals surface area contributed by atoms with E-state index in [9.17, 15) is 9.59 Å². The van der Waals surface area contributed by atoms with Crippen molar-refractivity contribution < 1.29 is 23.8 Å². The number of nitrogens with two attached hydrogens (primary N) is 1. The Hall–Kier alpha value is -3.22. The molecular formula is C20H24N2O5. The number of rotatable bonds is 7. The number of benzene rings is 2. The highest BCUT2D eigenvalue weighted by Gasteiger charge is 2.18. The molecule has 0 saturated heterocycles. The topological polar surface area (TPSA) is 99.9 Å². The number of amides is 1. The van der Waals surface area contributed by atoms with E-state index in [4.69, 9.17) is 19.9 Å². The van der Waals surface area contributed by atoms with Crippen LogP contribution in [0.4, 0.5) is 5.69 Å². The lowest BCUT2D eigenvalue weighted by atomic mass is 10.1. The van der Waals surface area contributed by atoms with Crippen LogP contribution >= 0.6 is 0 Å². The summed E-state index contributed by atoms with van der Waals surface area (Å²) in [7, 11) is 3.11. The number of esters is 1. The first-order chi connectivity index (χ1) is 12.9. The second-order valence-corrected chi connectivity index (χ2v) is 6.01. The Bertz CT molecular complexity index is 835. The minimum absolute atomic E-state index is 0.241. The summed E-state index contributed by atoms with van der Waals surface area (Å²) in [5.74, 6) is 0.186. The van der Waals surface area contributed by atoms with Crippen molar-refractivity contribution in [1.82, 2.24) is 5.32 Å². The molecule has 0 spiro atoms. The minimum Gasteiger partial charge on any atom is -0.497 e. The maximum atomic E-state index is 12.2. The van der Waals surface area contributed by atoms with Gasteiger partial charge in [0.15, 0.2) is 6.61 Å². The summed E-state index contributed by atoms with van der Waals surface area (Å²) in [5.41, 5.74) is 7.99. The monoisotopic (exact) mass is 372 g/mol. The fourth-order valence-electron chi connectivity index (χ4n) is 2.61. The van der Waals surface area contributed by atoms with E-state index in [2.05, 4.69) is 5.32 Å². The van der Waals surface area contributed by atoms with Gasteiger partial charge in [-0.05, 0) is 43.7 Å². The predicted octanol–water partition coefficient (Wildman–Crippen LogP) is 2.63. The number of carbonyl (C=O) groups is 2. The van der Waals surface area contributed by atoms with Crippen molar-refractivity contribution in [2.24, 2.45) is 0 Å². The van der Waals surface area contributed by atoms with E-state index < -0.39 is 18.5 Å². The Kier molecular flexibility index (Phi) is 6.65. The zero-order valence-electron chi connectivity index (χ0n) is 15.9. The number of aryl methyl sites for hydroxylation is 1. The second kappa shape index (κ2) is 8.93. The van der Waals surface area contributed by atoms with E-state index in [0.717, 1.165) is 11.1 Å². The van der Waals surface area contributed by atoms with E-state index in [0.29, 0.717) is 17.2 Å². The van der Waals surface area contributed by atoms with Crippen LogP contribution in [0.5, 0.6) is 11.5 Å². The van der Waals surface area contributed by atoms with Gasteiger partial charge in [-0.15, -0.1) is 0 Å². The maximum absolute atomic E-state index is 12.2. The van der Waals surface area contributed by atoms with Gasteiger partial charge in [-0.2, -0.15) is 0 Å². The van der Waals surface area contributed by atoms with E-state index in [1.807, 2.05) is 0 Å². The molecule has 1 amide bonds. The first kappa shape index (κ1) is 20.1. The van der Waals surface area contributed by atoms with Crippen LogP contribution < -0.4 is 20.5 Å². The summed E-state index contributed by atoms with van der Waals surface area (Å²) in [4.78, 5) is 24.3. The average molecular weight is 372 g/mol. The molecule has 0 aliphatic heterocycles. The van der Waals surface area contributed by atoms with Crippen LogP contribution in [0.2, 0.25) is 0 Å². The summed E-state index contributed by atoms with van der Waals surface area (Å²) in [5, 5.41) is 2.77. The van der Waals surface area contributed by atoms with Crippen LogP contribution in [0.15, 0.2) is 36.4 Å². The summed E-state index contributed by atoms with van der Waals surface area (Å²) in [6.45, 7) is 3.18. The van der Waals surface area contributed by atoms with Crippen molar-refractivity contribution >= 4 is 17.6 Å². The van der Waals surface area contributed by atoms with Gasteiger partial charge in [0.2, 0.25) is 0 Å². The third-order valence-electron chi connectivity index (χ3n) is 4.16. The number of para-hydroxylation sites is 1. The zero-order chi connectivity index (χ0) is 20.0. The summed E-state index contributed by atoms with van der Waals surface area (Å²) in [6.07, 6.45) is 0. The summed E-state index contributed by atoms with van der Waals surface area (Å²) >= 11 is 0. The number of nitrogen functional groups attached to an aromatic ring is 1. The highest BCUT2D eigenvalue weighted by atomic mass is 16.5. The van der Waals surface area contributed by atoms with E-state index in [1.165, 1.54) is 0 Å². The molecular weight excluding hydrogens is 348 g/mol. The molecule has 0 heterocycles. The zero-order valence-corrected chi connectivity index (χ0v) is 15.9. The third-order valence-corrected chi connectivity index (χ3v) is 4.16. The lowest BCUT2D eigenvalue weighted by Gasteiger charge is -2.18. The standard InChI is InChI=1S/C20H24N2O5/c1-12-6-5-7-15(19(12)21)20(24)27-11-18(23)22-13(2)16-10-14(25-3)8-9-17(16)26-4/h5-10,13H,11,21H2,1-4H3,(H,22,23)/t13-/m0/s1. The lowest BCUT2D eigenvalue weighted by molar-refractivity contribution is -0.124. The molecule has 7 nitrogen and oxygen atoms in total. The van der Waals surface area contributed by atoms with Gasteiger partial charge in [0.1, 0.15) is 11.5 Å². The van der Waals surface area contributed by atoms with Crippen LogP contribution in [0, 0.1) is 6.92 Å². The molecule has 0 radical (unpaired) electrons. The van der Waals surface area contributed by atoms with Crippen LogP contribution in [0.25, 0.3) is 0 Å². The average Bonchev–Trinajstić information content (AvgIpc) is 2.67. The first-order valence-electron chi connectivity index (χ1n) is 8.40. The van der Waals surface area contributed by atoms with Gasteiger partial charge in [0, 0.05) is 11.3 Å². The minimum atomic E-state index is -0.641. The molecule has 0 aliphatic rings. The Morgan fingerprint density at radius 3 is 2.56 bits per heavy atom. The highest BCUT2D eigenvalue weighted by molar-refractivity contribution is 5.96. The molecule has 0 unspecified atom stereocenters. The molecule has 2 rings (SSSR count). The molecule has 2 aromatic carbocycles. The SMILES string of the molecule is COc1ccc(OC)c([C@H](C)NC(=O)COC(=O)c2cccc(C)c2N)c1. The van der Waals surface area contributed by atoms with E-state index >= 15 is 0 Å². The van der Waals surface area contributed by atoms with E-state index in [-0.39, 0.29) is 11.6 Å². The smallest absolute Gasteiger partial charge is 0.340 e. The molecule has 0 fully saturated rings. The van der Waals surface area contributed by atoms with Gasteiger partial charge in [-0.25, -0.2) is 4.79 Å². The van der Waals surface area contributed by atoms with Crippen LogP contribution in [0.3, 0.4) is 0 Å². The second-order valence-electron chi connectivity index (χ2n) is 6.01. The number of ether oxygens (including phenoxy) is 3. The number of hydrogen-bond acceptors (Lipinski definition) is 6. The van der Waals surface area contributed by atoms with Gasteiger partial charge >= 0.3 is 5.97 Å². The van der Waals surface area contributed by atoms with Crippen LogP contribution in [-0.2, 0) is 9.53 Å². The molecule has 144 valence electrons. The molecule has 0 aliphatic carbocycles. The van der Waals surface area contributed by atoms with Gasteiger partial charge in [-0.3, -0.25) is 4.79 Å². The Morgan fingerprint density at radius 1 is 1.15 bits per heavy atom. The quantitative estimate of drug-likeness (QED) is 0.572. The van der Waals surface area contributed by atoms with Crippen molar-refractivity contribution in [3.8, 4) is 11.5 Å². The third kappa shape index (κ3) is 4.91. The summed E-state index contributed by atoms with van der Waals surface area (Å²) < 4.78 is 15.6. The van der Waals surface area contributed by atoms with Gasteiger partial charge in [0.25, 0.3) is 5.91 Å². The first-order valence-corrected chi connectivity index (χ1v) is 8.40. The normalized spacial score (nSPS) is 11.4. The molecule has 0 aromatic heterocycles. The van der Waals surface area contributed by atoms with Gasteiger partial charge < -0.3 is 25.3 Å². The fourth-order valence-corrected chi connectivity index (χ4v) is 2.61. The van der Waals surface area contributed by atoms with Gasteiger partial charge in [0.05, 0.1) is 25.8 Å². The number of nitrogens with one attached hydrogen (secondary N) is 1. The van der Waals surface area contributed by atoms with Crippen LogP contribution in [-0.4, -0.2) is 32.7 Å². The van der Waals surface area contributed by atoms with Crippen LogP contribution in [0.1, 0.15) is 34.5 Å². The number of anilines is 1. The molecule has 27 heavy (non-hydrogen) atoms. The maximum Gasteiger partial charge on any atom is 0.340 e. The Morgan fingerprint density at radius 2 is 1.89 bits per heavy atom. The van der Waals surface area contributed by atoms with Gasteiger partial charge in [-0.1, -0.05) is 12.1 Å². The molecule has 1 atom stereocenters. The highest BCUT2D eigenvalue weighted by Crippen LogP contribution is 2.29.